The van der Waals surface area contributed by atoms with Gasteiger partial charge < -0.3 is 10.1 Å². The van der Waals surface area contributed by atoms with Gasteiger partial charge in [0, 0.05) is 17.1 Å². The average Bonchev–Trinajstić information content (AvgIpc) is 2.46. The summed E-state index contributed by atoms with van der Waals surface area (Å²) >= 11 is 6.41. The number of nitrogens with one attached hydrogen (secondary N) is 1. The Morgan fingerprint density at radius 1 is 1.10 bits per heavy atom. The molecule has 2 aromatic rings. The first-order valence-corrected chi connectivity index (χ1v) is 7.74. The van der Waals surface area contributed by atoms with Crippen molar-refractivity contribution in [2.75, 3.05) is 6.54 Å². The van der Waals surface area contributed by atoms with Crippen LogP contribution >= 0.6 is 11.6 Å². The highest BCUT2D eigenvalue weighted by molar-refractivity contribution is 6.33. The third-order valence-corrected chi connectivity index (χ3v) is 3.46. The van der Waals surface area contributed by atoms with Gasteiger partial charge in [0.25, 0.3) is 0 Å². The molecule has 0 unspecified atom stereocenters. The SMILES string of the molecule is CCNCc1ccc(-c2ccc(OC(C)C)cc2)c(Cl)c1. The quantitative estimate of drug-likeness (QED) is 0.819. The van der Waals surface area contributed by atoms with E-state index in [1.165, 1.54) is 5.56 Å². The number of ether oxygens (including phenoxy) is 1. The van der Waals surface area contributed by atoms with Gasteiger partial charge in [-0.25, -0.2) is 0 Å². The Balaban J connectivity index is 2.17. The van der Waals surface area contributed by atoms with E-state index in [1.54, 1.807) is 0 Å². The molecular weight excluding hydrogens is 282 g/mol. The monoisotopic (exact) mass is 303 g/mol. The summed E-state index contributed by atoms with van der Waals surface area (Å²) in [6.45, 7) is 7.94. The van der Waals surface area contributed by atoms with E-state index in [2.05, 4.69) is 24.4 Å². The Bertz CT molecular complexity index is 578. The van der Waals surface area contributed by atoms with E-state index in [-0.39, 0.29) is 6.10 Å². The molecular formula is C18H22ClNO. The molecule has 1 N–H and O–H groups in total. The smallest absolute Gasteiger partial charge is 0.119 e. The Morgan fingerprint density at radius 3 is 2.38 bits per heavy atom. The second kappa shape index (κ2) is 7.48. The average molecular weight is 304 g/mol. The number of benzene rings is 2. The second-order valence-corrected chi connectivity index (χ2v) is 5.69. The van der Waals surface area contributed by atoms with Crippen LogP contribution in [0.1, 0.15) is 26.3 Å². The highest BCUT2D eigenvalue weighted by Crippen LogP contribution is 2.30. The summed E-state index contributed by atoms with van der Waals surface area (Å²) in [4.78, 5) is 0. The largest absolute Gasteiger partial charge is 0.491 e. The molecule has 0 spiro atoms. The van der Waals surface area contributed by atoms with Gasteiger partial charge in [-0.05, 0) is 49.7 Å². The van der Waals surface area contributed by atoms with Crippen molar-refractivity contribution in [3.05, 3.63) is 53.1 Å². The predicted octanol–water partition coefficient (Wildman–Crippen LogP) is 4.90. The summed E-state index contributed by atoms with van der Waals surface area (Å²) < 4.78 is 5.66. The lowest BCUT2D eigenvalue weighted by atomic mass is 10.0. The third-order valence-electron chi connectivity index (χ3n) is 3.15. The lowest BCUT2D eigenvalue weighted by molar-refractivity contribution is 0.242. The fourth-order valence-corrected chi connectivity index (χ4v) is 2.47. The first-order chi connectivity index (χ1) is 10.1. The maximum absolute atomic E-state index is 6.41. The molecule has 3 heteroatoms. The molecule has 0 amide bonds. The molecule has 112 valence electrons. The summed E-state index contributed by atoms with van der Waals surface area (Å²) in [6, 6.07) is 14.3. The van der Waals surface area contributed by atoms with Gasteiger partial charge in [0.2, 0.25) is 0 Å². The first kappa shape index (κ1) is 15.9. The fourth-order valence-electron chi connectivity index (χ4n) is 2.16. The van der Waals surface area contributed by atoms with E-state index >= 15 is 0 Å². The minimum absolute atomic E-state index is 0.185. The van der Waals surface area contributed by atoms with E-state index < -0.39 is 0 Å². The van der Waals surface area contributed by atoms with Crippen LogP contribution in [0.25, 0.3) is 11.1 Å². The molecule has 0 aliphatic rings. The molecule has 0 radical (unpaired) electrons. The normalized spacial score (nSPS) is 10.9. The maximum atomic E-state index is 6.41. The Morgan fingerprint density at radius 2 is 1.81 bits per heavy atom. The van der Waals surface area contributed by atoms with Gasteiger partial charge in [-0.2, -0.15) is 0 Å². The molecule has 0 aliphatic heterocycles. The van der Waals surface area contributed by atoms with Gasteiger partial charge in [0.1, 0.15) is 5.75 Å². The maximum Gasteiger partial charge on any atom is 0.119 e. The van der Waals surface area contributed by atoms with Crippen molar-refractivity contribution in [3.63, 3.8) is 0 Å². The third kappa shape index (κ3) is 4.48. The Labute approximate surface area is 132 Å². The van der Waals surface area contributed by atoms with Gasteiger partial charge in [0.05, 0.1) is 6.10 Å². The first-order valence-electron chi connectivity index (χ1n) is 7.36. The van der Waals surface area contributed by atoms with Crippen LogP contribution < -0.4 is 10.1 Å². The van der Waals surface area contributed by atoms with E-state index in [9.17, 15) is 0 Å². The zero-order valence-electron chi connectivity index (χ0n) is 12.8. The second-order valence-electron chi connectivity index (χ2n) is 5.29. The van der Waals surface area contributed by atoms with Crippen LogP contribution in [0, 0.1) is 0 Å². The summed E-state index contributed by atoms with van der Waals surface area (Å²) in [5.74, 6) is 0.883. The van der Waals surface area contributed by atoms with Crippen LogP contribution in [0.4, 0.5) is 0 Å². The minimum Gasteiger partial charge on any atom is -0.491 e. The van der Waals surface area contributed by atoms with E-state index in [1.807, 2.05) is 44.2 Å². The Kier molecular flexibility index (Phi) is 5.66. The van der Waals surface area contributed by atoms with Crippen molar-refractivity contribution in [1.82, 2.24) is 5.32 Å². The van der Waals surface area contributed by atoms with Gasteiger partial charge in [-0.3, -0.25) is 0 Å². The standard InChI is InChI=1S/C18H22ClNO/c1-4-20-12-14-5-10-17(18(19)11-14)15-6-8-16(9-7-15)21-13(2)3/h5-11,13,20H,4,12H2,1-3H3. The lowest BCUT2D eigenvalue weighted by Gasteiger charge is -2.11. The predicted molar refractivity (Wildman–Crippen MR) is 90.0 cm³/mol. The van der Waals surface area contributed by atoms with Gasteiger partial charge in [0.15, 0.2) is 0 Å². The topological polar surface area (TPSA) is 21.3 Å². The van der Waals surface area contributed by atoms with Gasteiger partial charge in [-0.1, -0.05) is 42.8 Å². The van der Waals surface area contributed by atoms with Crippen LogP contribution in [0.15, 0.2) is 42.5 Å². The Hall–Kier alpha value is -1.51. The van der Waals surface area contributed by atoms with Crippen molar-refractivity contribution in [1.29, 1.82) is 0 Å². The van der Waals surface area contributed by atoms with Crippen LogP contribution in [0.5, 0.6) is 5.75 Å². The summed E-state index contributed by atoms with van der Waals surface area (Å²) in [6.07, 6.45) is 0.185. The van der Waals surface area contributed by atoms with Crippen LogP contribution in [-0.4, -0.2) is 12.6 Å². The number of rotatable bonds is 6. The minimum atomic E-state index is 0.185. The van der Waals surface area contributed by atoms with E-state index in [0.29, 0.717) is 0 Å². The van der Waals surface area contributed by atoms with Crippen molar-refractivity contribution < 1.29 is 4.74 Å². The van der Waals surface area contributed by atoms with E-state index in [0.717, 1.165) is 35.0 Å². The molecule has 0 bridgehead atoms. The molecule has 0 atom stereocenters. The summed E-state index contributed by atoms with van der Waals surface area (Å²) in [5, 5.41) is 4.08. The van der Waals surface area contributed by atoms with Crippen molar-refractivity contribution in [3.8, 4) is 16.9 Å². The molecule has 0 saturated heterocycles. The molecule has 0 aromatic heterocycles. The molecule has 2 nitrogen and oxygen atoms in total. The van der Waals surface area contributed by atoms with Gasteiger partial charge in [-0.15, -0.1) is 0 Å². The van der Waals surface area contributed by atoms with E-state index in [4.69, 9.17) is 16.3 Å². The molecule has 0 fully saturated rings. The molecule has 2 aromatic carbocycles. The summed E-state index contributed by atoms with van der Waals surface area (Å²) in [7, 11) is 0. The van der Waals surface area contributed by atoms with Crippen molar-refractivity contribution >= 4 is 11.6 Å². The number of halogens is 1. The lowest BCUT2D eigenvalue weighted by Crippen LogP contribution is -2.11. The molecule has 2 rings (SSSR count). The van der Waals surface area contributed by atoms with Gasteiger partial charge >= 0.3 is 0 Å². The fraction of sp³-hybridized carbons (Fsp3) is 0.333. The zero-order chi connectivity index (χ0) is 15.2. The number of hydrogen-bond donors (Lipinski definition) is 1. The molecule has 21 heavy (non-hydrogen) atoms. The van der Waals surface area contributed by atoms with Crippen LogP contribution in [0.3, 0.4) is 0 Å². The van der Waals surface area contributed by atoms with Crippen molar-refractivity contribution in [2.45, 2.75) is 33.4 Å². The molecule has 0 aliphatic carbocycles. The highest BCUT2D eigenvalue weighted by Gasteiger charge is 2.05. The molecule has 0 saturated carbocycles. The highest BCUT2D eigenvalue weighted by atomic mass is 35.5. The van der Waals surface area contributed by atoms with Crippen molar-refractivity contribution in [2.24, 2.45) is 0 Å². The van der Waals surface area contributed by atoms with Crippen LogP contribution in [0.2, 0.25) is 5.02 Å². The molecule has 0 heterocycles. The zero-order valence-corrected chi connectivity index (χ0v) is 13.6. The summed E-state index contributed by atoms with van der Waals surface area (Å²) in [5.41, 5.74) is 3.35. The van der Waals surface area contributed by atoms with Crippen LogP contribution in [-0.2, 0) is 6.54 Å². The number of hydrogen-bond acceptors (Lipinski definition) is 2.